The molecule has 1 heterocycles. The summed E-state index contributed by atoms with van der Waals surface area (Å²) < 4.78 is 41.3. The number of aromatic nitrogens is 2. The van der Waals surface area contributed by atoms with Crippen molar-refractivity contribution >= 4 is 12.2 Å². The molecule has 2 aromatic rings. The molecule has 1 aromatic carbocycles. The Bertz CT molecular complexity index is 689. The van der Waals surface area contributed by atoms with Gasteiger partial charge in [-0.1, -0.05) is 0 Å². The summed E-state index contributed by atoms with van der Waals surface area (Å²) in [7, 11) is 0. The first-order valence-electron chi connectivity index (χ1n) is 5.03. The zero-order chi connectivity index (χ0) is 14.0. The molecule has 0 atom stereocenters. The fraction of sp³-hybridized carbons (Fsp3) is 0.0909. The largest absolute Gasteiger partial charge is 0.573 e. The molecule has 0 saturated carbocycles. The van der Waals surface area contributed by atoms with Gasteiger partial charge < -0.3 is 4.74 Å². The quantitative estimate of drug-likeness (QED) is 0.864. The van der Waals surface area contributed by atoms with Crippen molar-refractivity contribution in [1.29, 1.82) is 0 Å². The van der Waals surface area contributed by atoms with Gasteiger partial charge in [-0.25, -0.2) is 0 Å². The second kappa shape index (κ2) is 4.88. The highest BCUT2D eigenvalue weighted by molar-refractivity contribution is 7.71. The second-order valence-electron chi connectivity index (χ2n) is 3.52. The number of hydrogen-bond acceptors (Lipinski definition) is 3. The van der Waals surface area contributed by atoms with Crippen LogP contribution in [0.4, 0.5) is 13.2 Å². The summed E-state index contributed by atoms with van der Waals surface area (Å²) >= 11 is 4.94. The fourth-order valence-electron chi connectivity index (χ4n) is 1.43. The number of aromatic amines is 1. The van der Waals surface area contributed by atoms with E-state index in [2.05, 4.69) is 9.72 Å². The van der Waals surface area contributed by atoms with Crippen LogP contribution in [0.2, 0.25) is 0 Å². The van der Waals surface area contributed by atoms with Gasteiger partial charge in [0.25, 0.3) is 5.56 Å². The van der Waals surface area contributed by atoms with E-state index in [1.807, 2.05) is 0 Å². The Morgan fingerprint density at radius 1 is 1.16 bits per heavy atom. The zero-order valence-electron chi connectivity index (χ0n) is 9.27. The van der Waals surface area contributed by atoms with Crippen LogP contribution in [0.3, 0.4) is 0 Å². The summed E-state index contributed by atoms with van der Waals surface area (Å²) in [5.41, 5.74) is 0.161. The Morgan fingerprint density at radius 3 is 2.32 bits per heavy atom. The van der Waals surface area contributed by atoms with E-state index in [4.69, 9.17) is 12.2 Å². The highest BCUT2D eigenvalue weighted by Crippen LogP contribution is 2.23. The topological polar surface area (TPSA) is 47.0 Å². The van der Waals surface area contributed by atoms with Crippen molar-refractivity contribution in [3.05, 3.63) is 51.7 Å². The van der Waals surface area contributed by atoms with Gasteiger partial charge in [-0.15, -0.1) is 13.2 Å². The number of hydrogen-bond donors (Lipinski definition) is 1. The number of nitrogens with zero attached hydrogens (tertiary/aromatic N) is 1. The van der Waals surface area contributed by atoms with Crippen LogP contribution in [0.15, 0.2) is 41.3 Å². The van der Waals surface area contributed by atoms with Crippen LogP contribution in [-0.2, 0) is 0 Å². The summed E-state index contributed by atoms with van der Waals surface area (Å²) in [4.78, 5) is 13.4. The maximum Gasteiger partial charge on any atom is 0.573 e. The third-order valence-corrected chi connectivity index (χ3v) is 2.47. The third kappa shape index (κ3) is 3.44. The standard InChI is InChI=1S/C11H7F3N2O2S/c12-11(13,14)18-8-3-1-7(2-4-8)16-6-5-9(17)15-10(16)19/h1-6H,(H,15,17,19). The Labute approximate surface area is 110 Å². The van der Waals surface area contributed by atoms with Crippen molar-refractivity contribution in [2.24, 2.45) is 0 Å². The van der Waals surface area contributed by atoms with E-state index in [-0.39, 0.29) is 16.1 Å². The molecule has 8 heteroatoms. The number of alkyl halides is 3. The minimum absolute atomic E-state index is 0.150. The highest BCUT2D eigenvalue weighted by atomic mass is 32.1. The summed E-state index contributed by atoms with van der Waals surface area (Å²) in [6, 6.07) is 6.38. The van der Waals surface area contributed by atoms with E-state index in [0.717, 1.165) is 12.1 Å². The lowest BCUT2D eigenvalue weighted by Gasteiger charge is -2.10. The summed E-state index contributed by atoms with van der Waals surface area (Å²) in [5.74, 6) is -0.327. The Balaban J connectivity index is 2.33. The SMILES string of the molecule is O=c1ccn(-c2ccc(OC(F)(F)F)cc2)c(=S)[nH]1. The van der Waals surface area contributed by atoms with E-state index in [9.17, 15) is 18.0 Å². The Kier molecular flexibility index (Phi) is 3.43. The normalized spacial score (nSPS) is 11.3. The molecule has 2 rings (SSSR count). The van der Waals surface area contributed by atoms with Gasteiger partial charge in [0.05, 0.1) is 0 Å². The maximum atomic E-state index is 12.0. The molecule has 0 aliphatic rings. The Morgan fingerprint density at radius 2 is 1.79 bits per heavy atom. The molecule has 1 aromatic heterocycles. The van der Waals surface area contributed by atoms with Gasteiger partial charge in [0, 0.05) is 18.0 Å². The van der Waals surface area contributed by atoms with Gasteiger partial charge >= 0.3 is 6.36 Å². The number of rotatable bonds is 2. The predicted octanol–water partition coefficient (Wildman–Crippen LogP) is 2.79. The van der Waals surface area contributed by atoms with E-state index in [0.29, 0.717) is 5.69 Å². The summed E-state index contributed by atoms with van der Waals surface area (Å²) in [6.45, 7) is 0. The molecule has 0 fully saturated rings. The van der Waals surface area contributed by atoms with Crippen LogP contribution >= 0.6 is 12.2 Å². The molecule has 0 aliphatic heterocycles. The first-order valence-corrected chi connectivity index (χ1v) is 5.44. The van der Waals surface area contributed by atoms with Gasteiger partial charge in [0.15, 0.2) is 4.77 Å². The first-order chi connectivity index (χ1) is 8.85. The minimum Gasteiger partial charge on any atom is -0.406 e. The zero-order valence-corrected chi connectivity index (χ0v) is 10.1. The second-order valence-corrected chi connectivity index (χ2v) is 3.91. The molecule has 0 amide bonds. The number of ether oxygens (including phenoxy) is 1. The lowest BCUT2D eigenvalue weighted by Crippen LogP contribution is -2.17. The van der Waals surface area contributed by atoms with Crippen molar-refractivity contribution in [2.75, 3.05) is 0 Å². The van der Waals surface area contributed by atoms with E-state index < -0.39 is 6.36 Å². The van der Waals surface area contributed by atoms with Crippen molar-refractivity contribution in [3.63, 3.8) is 0 Å². The molecule has 0 spiro atoms. The monoisotopic (exact) mass is 288 g/mol. The van der Waals surface area contributed by atoms with E-state index in [1.165, 1.54) is 29.0 Å². The van der Waals surface area contributed by atoms with Crippen LogP contribution in [0.5, 0.6) is 5.75 Å². The molecule has 0 saturated heterocycles. The van der Waals surface area contributed by atoms with Gasteiger partial charge in [-0.3, -0.25) is 14.3 Å². The molecule has 0 aliphatic carbocycles. The fourth-order valence-corrected chi connectivity index (χ4v) is 1.70. The third-order valence-electron chi connectivity index (χ3n) is 2.17. The number of halogens is 3. The molecular weight excluding hydrogens is 281 g/mol. The number of nitrogens with one attached hydrogen (secondary N) is 1. The van der Waals surface area contributed by atoms with Crippen molar-refractivity contribution in [1.82, 2.24) is 9.55 Å². The van der Waals surface area contributed by atoms with Crippen LogP contribution in [0, 0.1) is 4.77 Å². The van der Waals surface area contributed by atoms with Crippen LogP contribution in [0.1, 0.15) is 0 Å². The molecule has 19 heavy (non-hydrogen) atoms. The molecule has 100 valence electrons. The molecule has 0 bridgehead atoms. The van der Waals surface area contributed by atoms with E-state index in [1.54, 1.807) is 0 Å². The van der Waals surface area contributed by atoms with Crippen molar-refractivity contribution in [3.8, 4) is 11.4 Å². The average Bonchev–Trinajstić information content (AvgIpc) is 2.28. The minimum atomic E-state index is -4.73. The number of H-pyrrole nitrogens is 1. The molecule has 0 radical (unpaired) electrons. The van der Waals surface area contributed by atoms with Crippen molar-refractivity contribution in [2.45, 2.75) is 6.36 Å². The van der Waals surface area contributed by atoms with Crippen LogP contribution in [-0.4, -0.2) is 15.9 Å². The average molecular weight is 288 g/mol. The van der Waals surface area contributed by atoms with Crippen LogP contribution in [0.25, 0.3) is 5.69 Å². The molecule has 0 unspecified atom stereocenters. The summed E-state index contributed by atoms with van der Waals surface area (Å²) in [5, 5.41) is 0. The molecule has 4 nitrogen and oxygen atoms in total. The first kappa shape index (κ1) is 13.3. The lowest BCUT2D eigenvalue weighted by molar-refractivity contribution is -0.274. The van der Waals surface area contributed by atoms with E-state index >= 15 is 0 Å². The summed E-state index contributed by atoms with van der Waals surface area (Å²) in [6.07, 6.45) is -3.30. The predicted molar refractivity (Wildman–Crippen MR) is 63.9 cm³/mol. The van der Waals surface area contributed by atoms with Gasteiger partial charge in [0.2, 0.25) is 0 Å². The maximum absolute atomic E-state index is 12.0. The Hall–Kier alpha value is -2.09. The molecule has 1 N–H and O–H groups in total. The van der Waals surface area contributed by atoms with Gasteiger partial charge in [-0.05, 0) is 36.5 Å². The number of benzene rings is 1. The van der Waals surface area contributed by atoms with Crippen LogP contribution < -0.4 is 10.3 Å². The van der Waals surface area contributed by atoms with Gasteiger partial charge in [-0.2, -0.15) is 0 Å². The van der Waals surface area contributed by atoms with Crippen molar-refractivity contribution < 1.29 is 17.9 Å². The lowest BCUT2D eigenvalue weighted by atomic mass is 10.3. The van der Waals surface area contributed by atoms with Gasteiger partial charge in [0.1, 0.15) is 5.75 Å². The smallest absolute Gasteiger partial charge is 0.406 e. The highest BCUT2D eigenvalue weighted by Gasteiger charge is 2.30. The molecular formula is C11H7F3N2O2S.